The lowest BCUT2D eigenvalue weighted by Crippen LogP contribution is -2.39. The van der Waals surface area contributed by atoms with Crippen molar-refractivity contribution in [3.8, 4) is 0 Å². The van der Waals surface area contributed by atoms with Crippen LogP contribution in [-0.4, -0.2) is 29.9 Å². The van der Waals surface area contributed by atoms with Gasteiger partial charge in [-0.15, -0.1) is 0 Å². The van der Waals surface area contributed by atoms with Crippen LogP contribution in [0.25, 0.3) is 10.9 Å². The Kier molecular flexibility index (Phi) is 4.08. The smallest absolute Gasteiger partial charge is 0.251 e. The molecule has 0 bridgehead atoms. The molecule has 3 aromatic rings. The van der Waals surface area contributed by atoms with Crippen molar-refractivity contribution in [2.24, 2.45) is 0 Å². The summed E-state index contributed by atoms with van der Waals surface area (Å²) in [6, 6.07) is 15.1. The summed E-state index contributed by atoms with van der Waals surface area (Å²) in [7, 11) is 0. The highest BCUT2D eigenvalue weighted by Crippen LogP contribution is 2.29. The number of nitrogens with one attached hydrogen (secondary N) is 1. The number of amides is 2. The van der Waals surface area contributed by atoms with Crippen molar-refractivity contribution in [2.75, 3.05) is 18.0 Å². The van der Waals surface area contributed by atoms with E-state index in [-0.39, 0.29) is 24.2 Å². The Balaban J connectivity index is 1.51. The lowest BCUT2D eigenvalue weighted by molar-refractivity contribution is -0.117. The van der Waals surface area contributed by atoms with Crippen LogP contribution in [0.15, 0.2) is 54.6 Å². The molecule has 6 heteroatoms. The van der Waals surface area contributed by atoms with Gasteiger partial charge in [0, 0.05) is 23.6 Å². The van der Waals surface area contributed by atoms with Crippen LogP contribution < -0.4 is 10.2 Å². The fourth-order valence-electron chi connectivity index (χ4n) is 3.12. The van der Waals surface area contributed by atoms with Gasteiger partial charge in [-0.1, -0.05) is 18.2 Å². The molecule has 0 spiro atoms. The van der Waals surface area contributed by atoms with Gasteiger partial charge >= 0.3 is 0 Å². The molecule has 2 heterocycles. The second kappa shape index (κ2) is 6.55. The molecule has 1 N–H and O–H groups in total. The molecule has 26 heavy (non-hydrogen) atoms. The van der Waals surface area contributed by atoms with E-state index in [1.807, 2.05) is 12.1 Å². The molecule has 1 aliphatic rings. The predicted molar refractivity (Wildman–Crippen MR) is 96.5 cm³/mol. The van der Waals surface area contributed by atoms with Crippen LogP contribution in [0.5, 0.6) is 0 Å². The maximum Gasteiger partial charge on any atom is 0.251 e. The third-order valence-corrected chi connectivity index (χ3v) is 4.43. The van der Waals surface area contributed by atoms with Gasteiger partial charge in [-0.3, -0.25) is 14.5 Å². The van der Waals surface area contributed by atoms with Crippen molar-refractivity contribution < 1.29 is 14.0 Å². The van der Waals surface area contributed by atoms with E-state index in [2.05, 4.69) is 10.3 Å². The number of hydrogen-bond acceptors (Lipinski definition) is 3. The number of pyridine rings is 1. The molecule has 4 rings (SSSR count). The van der Waals surface area contributed by atoms with Gasteiger partial charge in [0.25, 0.3) is 5.91 Å². The number of hydrogen-bond donors (Lipinski definition) is 1. The summed E-state index contributed by atoms with van der Waals surface area (Å²) in [6.45, 7) is 0.386. The zero-order valence-electron chi connectivity index (χ0n) is 13.9. The molecule has 0 unspecified atom stereocenters. The van der Waals surface area contributed by atoms with Gasteiger partial charge in [0.1, 0.15) is 11.6 Å². The number of aromatic nitrogens is 1. The van der Waals surface area contributed by atoms with Gasteiger partial charge in [-0.2, -0.15) is 0 Å². The minimum absolute atomic E-state index is 0.115. The number of halogens is 1. The molecular formula is C20H16FN3O2. The highest BCUT2D eigenvalue weighted by atomic mass is 19.1. The quantitative estimate of drug-likeness (QED) is 0.791. The second-order valence-electron chi connectivity index (χ2n) is 6.15. The van der Waals surface area contributed by atoms with Gasteiger partial charge in [0.05, 0.1) is 12.1 Å². The maximum absolute atomic E-state index is 13.4. The normalized spacial score (nSPS) is 12.9. The number of rotatable bonds is 3. The largest absolute Gasteiger partial charge is 0.343 e. The molecule has 1 aromatic heterocycles. The van der Waals surface area contributed by atoms with E-state index in [9.17, 15) is 14.0 Å². The average molecular weight is 349 g/mol. The summed E-state index contributed by atoms with van der Waals surface area (Å²) < 4.78 is 13.4. The topological polar surface area (TPSA) is 62.3 Å². The van der Waals surface area contributed by atoms with Gasteiger partial charge in [-0.25, -0.2) is 9.37 Å². The number of carbonyl (C=O) groups excluding carboxylic acids is 2. The Morgan fingerprint density at radius 2 is 1.92 bits per heavy atom. The maximum atomic E-state index is 13.4. The first-order valence-corrected chi connectivity index (χ1v) is 8.34. The van der Waals surface area contributed by atoms with E-state index >= 15 is 0 Å². The SMILES string of the molecule is O=C(NCC(=O)N1CCc2cc3ccc(F)cc3nc21)c1ccccc1. The number of carbonyl (C=O) groups is 2. The molecule has 0 aliphatic carbocycles. The molecule has 0 saturated carbocycles. The summed E-state index contributed by atoms with van der Waals surface area (Å²) in [5.74, 6) is -0.360. The van der Waals surface area contributed by atoms with Crippen molar-refractivity contribution in [3.05, 3.63) is 71.5 Å². The molecule has 2 amide bonds. The Hall–Kier alpha value is -3.28. The fourth-order valence-corrected chi connectivity index (χ4v) is 3.12. The molecule has 0 fully saturated rings. The molecule has 130 valence electrons. The number of nitrogens with zero attached hydrogens (tertiary/aromatic N) is 2. The Morgan fingerprint density at radius 1 is 1.12 bits per heavy atom. The Labute approximate surface area is 149 Å². The Bertz CT molecular complexity index is 1000. The van der Waals surface area contributed by atoms with E-state index in [4.69, 9.17) is 0 Å². The highest BCUT2D eigenvalue weighted by molar-refractivity contribution is 6.01. The lowest BCUT2D eigenvalue weighted by atomic mass is 10.1. The molecule has 5 nitrogen and oxygen atoms in total. The van der Waals surface area contributed by atoms with Crippen molar-refractivity contribution >= 4 is 28.5 Å². The van der Waals surface area contributed by atoms with Gasteiger partial charge in [0.15, 0.2) is 0 Å². The summed E-state index contributed by atoms with van der Waals surface area (Å²) in [6.07, 6.45) is 0.689. The van der Waals surface area contributed by atoms with Gasteiger partial charge in [0.2, 0.25) is 5.91 Å². The zero-order chi connectivity index (χ0) is 18.1. The van der Waals surface area contributed by atoms with Crippen LogP contribution in [0, 0.1) is 5.82 Å². The molecule has 0 atom stereocenters. The van der Waals surface area contributed by atoms with Crippen LogP contribution in [0.1, 0.15) is 15.9 Å². The van der Waals surface area contributed by atoms with Crippen LogP contribution in [0.4, 0.5) is 10.2 Å². The average Bonchev–Trinajstić information content (AvgIpc) is 3.07. The zero-order valence-corrected chi connectivity index (χ0v) is 13.9. The Morgan fingerprint density at radius 3 is 2.73 bits per heavy atom. The summed E-state index contributed by atoms with van der Waals surface area (Å²) in [4.78, 5) is 30.6. The molecule has 1 aliphatic heterocycles. The van der Waals surface area contributed by atoms with Gasteiger partial charge in [-0.05, 0) is 42.3 Å². The first kappa shape index (κ1) is 16.2. The van der Waals surface area contributed by atoms with Crippen molar-refractivity contribution in [1.29, 1.82) is 0 Å². The summed E-state index contributed by atoms with van der Waals surface area (Å²) >= 11 is 0. The monoisotopic (exact) mass is 349 g/mol. The lowest BCUT2D eigenvalue weighted by Gasteiger charge is -2.17. The van der Waals surface area contributed by atoms with Crippen molar-refractivity contribution in [1.82, 2.24) is 10.3 Å². The van der Waals surface area contributed by atoms with E-state index in [1.54, 1.807) is 35.2 Å². The number of benzene rings is 2. The first-order chi connectivity index (χ1) is 12.6. The second-order valence-corrected chi connectivity index (χ2v) is 6.15. The fraction of sp³-hybridized carbons (Fsp3) is 0.150. The third-order valence-electron chi connectivity index (χ3n) is 4.43. The van der Waals surface area contributed by atoms with Crippen LogP contribution in [0.3, 0.4) is 0 Å². The molecule has 0 radical (unpaired) electrons. The summed E-state index contributed by atoms with van der Waals surface area (Å²) in [5.41, 5.74) is 1.96. The van der Waals surface area contributed by atoms with Crippen LogP contribution in [-0.2, 0) is 11.2 Å². The minimum Gasteiger partial charge on any atom is -0.343 e. The van der Waals surface area contributed by atoms with Crippen molar-refractivity contribution in [2.45, 2.75) is 6.42 Å². The van der Waals surface area contributed by atoms with E-state index in [1.165, 1.54) is 12.1 Å². The number of anilines is 1. The summed E-state index contributed by atoms with van der Waals surface area (Å²) in [5, 5.41) is 3.48. The van der Waals surface area contributed by atoms with E-state index in [0.29, 0.717) is 29.9 Å². The van der Waals surface area contributed by atoms with Crippen molar-refractivity contribution in [3.63, 3.8) is 0 Å². The molecular weight excluding hydrogens is 333 g/mol. The molecule has 2 aromatic carbocycles. The highest BCUT2D eigenvalue weighted by Gasteiger charge is 2.26. The van der Waals surface area contributed by atoms with Crippen LogP contribution in [0.2, 0.25) is 0 Å². The number of fused-ring (bicyclic) bond motifs is 2. The van der Waals surface area contributed by atoms with Crippen LogP contribution >= 0.6 is 0 Å². The predicted octanol–water partition coefficient (Wildman–Crippen LogP) is 2.69. The third kappa shape index (κ3) is 3.01. The van der Waals surface area contributed by atoms with E-state index in [0.717, 1.165) is 10.9 Å². The standard InChI is InChI=1S/C20H16FN3O2/c21-16-7-6-14-10-15-8-9-24(19(15)23-17(14)11-16)18(25)12-22-20(26)13-4-2-1-3-5-13/h1-7,10-11H,8-9,12H2,(H,22,26). The first-order valence-electron chi connectivity index (χ1n) is 8.34. The minimum atomic E-state index is -0.365. The molecule has 0 saturated heterocycles. The van der Waals surface area contributed by atoms with E-state index < -0.39 is 0 Å². The van der Waals surface area contributed by atoms with Gasteiger partial charge < -0.3 is 5.32 Å².